The standard InChI is InChI=1S/C21H19ClFN3O4/c1-26(12-14-2-8-17(23)9-3-14)19(27)13-29-20(28)11-10-18-24-21(25-30-18)15-4-6-16(22)7-5-15/h2-9H,10-13H2,1H3. The second kappa shape index (κ2) is 9.98. The molecular weight excluding hydrogens is 413 g/mol. The lowest BCUT2D eigenvalue weighted by Gasteiger charge is -2.17. The summed E-state index contributed by atoms with van der Waals surface area (Å²) in [5, 5.41) is 4.47. The lowest BCUT2D eigenvalue weighted by atomic mass is 10.2. The summed E-state index contributed by atoms with van der Waals surface area (Å²) >= 11 is 5.85. The van der Waals surface area contributed by atoms with Gasteiger partial charge in [0, 0.05) is 30.6 Å². The van der Waals surface area contributed by atoms with E-state index in [4.69, 9.17) is 20.9 Å². The number of esters is 1. The number of carbonyl (C=O) groups is 2. The van der Waals surface area contributed by atoms with E-state index in [0.29, 0.717) is 10.8 Å². The smallest absolute Gasteiger partial charge is 0.306 e. The third-order valence-corrected chi connectivity index (χ3v) is 4.48. The SMILES string of the molecule is CN(Cc1ccc(F)cc1)C(=O)COC(=O)CCc1nc(-c2ccc(Cl)cc2)no1. The fourth-order valence-electron chi connectivity index (χ4n) is 2.56. The van der Waals surface area contributed by atoms with Gasteiger partial charge in [0.25, 0.3) is 5.91 Å². The molecule has 0 aliphatic carbocycles. The molecule has 0 spiro atoms. The number of aromatic nitrogens is 2. The minimum Gasteiger partial charge on any atom is -0.456 e. The minimum atomic E-state index is -0.551. The van der Waals surface area contributed by atoms with Crippen LogP contribution >= 0.6 is 11.6 Å². The van der Waals surface area contributed by atoms with Gasteiger partial charge < -0.3 is 14.2 Å². The molecular formula is C21H19ClFN3O4. The van der Waals surface area contributed by atoms with E-state index < -0.39 is 5.97 Å². The molecule has 0 atom stereocenters. The zero-order chi connectivity index (χ0) is 21.5. The summed E-state index contributed by atoms with van der Waals surface area (Å²) in [5.74, 6) is -0.576. The maximum atomic E-state index is 12.9. The van der Waals surface area contributed by atoms with Crippen LogP contribution in [0.15, 0.2) is 53.1 Å². The van der Waals surface area contributed by atoms with Crippen LogP contribution in [0.4, 0.5) is 4.39 Å². The van der Waals surface area contributed by atoms with Crippen LogP contribution in [-0.2, 0) is 27.3 Å². The van der Waals surface area contributed by atoms with Gasteiger partial charge in [-0.15, -0.1) is 0 Å². The Morgan fingerprint density at radius 1 is 1.13 bits per heavy atom. The summed E-state index contributed by atoms with van der Waals surface area (Å²) in [7, 11) is 1.58. The number of nitrogens with zero attached hydrogens (tertiary/aromatic N) is 3. The number of amides is 1. The number of likely N-dealkylation sites (N-methyl/N-ethyl adjacent to an activating group) is 1. The normalized spacial score (nSPS) is 10.6. The molecule has 0 saturated carbocycles. The summed E-state index contributed by atoms with van der Waals surface area (Å²) in [5.41, 5.74) is 1.51. The highest BCUT2D eigenvalue weighted by Crippen LogP contribution is 2.19. The first-order chi connectivity index (χ1) is 14.4. The van der Waals surface area contributed by atoms with Gasteiger partial charge in [0.15, 0.2) is 6.61 Å². The van der Waals surface area contributed by atoms with Gasteiger partial charge in [-0.2, -0.15) is 4.98 Å². The van der Waals surface area contributed by atoms with Gasteiger partial charge in [0.1, 0.15) is 5.82 Å². The highest BCUT2D eigenvalue weighted by Gasteiger charge is 2.15. The van der Waals surface area contributed by atoms with Gasteiger partial charge in [-0.3, -0.25) is 9.59 Å². The van der Waals surface area contributed by atoms with Crippen LogP contribution in [0.3, 0.4) is 0 Å². The zero-order valence-electron chi connectivity index (χ0n) is 16.2. The maximum Gasteiger partial charge on any atom is 0.306 e. The van der Waals surface area contributed by atoms with Crippen LogP contribution in [0, 0.1) is 5.82 Å². The van der Waals surface area contributed by atoms with E-state index in [1.807, 2.05) is 0 Å². The van der Waals surface area contributed by atoms with Crippen LogP contribution in [0.5, 0.6) is 0 Å². The second-order valence-electron chi connectivity index (χ2n) is 6.56. The Labute approximate surface area is 177 Å². The second-order valence-corrected chi connectivity index (χ2v) is 6.99. The van der Waals surface area contributed by atoms with Crippen molar-refractivity contribution < 1.29 is 23.2 Å². The van der Waals surface area contributed by atoms with Crippen molar-refractivity contribution in [1.82, 2.24) is 15.0 Å². The molecule has 30 heavy (non-hydrogen) atoms. The zero-order valence-corrected chi connectivity index (χ0v) is 16.9. The Morgan fingerprint density at radius 3 is 2.53 bits per heavy atom. The molecule has 1 aromatic heterocycles. The number of carbonyl (C=O) groups excluding carboxylic acids is 2. The molecule has 1 amide bonds. The Morgan fingerprint density at radius 2 is 1.83 bits per heavy atom. The monoisotopic (exact) mass is 431 g/mol. The number of hydrogen-bond donors (Lipinski definition) is 0. The lowest BCUT2D eigenvalue weighted by Crippen LogP contribution is -2.30. The average molecular weight is 432 g/mol. The minimum absolute atomic E-state index is 0.00277. The molecule has 0 bridgehead atoms. The molecule has 0 aliphatic rings. The molecule has 0 aliphatic heterocycles. The summed E-state index contributed by atoms with van der Waals surface area (Å²) in [6.07, 6.45) is 0.191. The van der Waals surface area contributed by atoms with Gasteiger partial charge in [-0.1, -0.05) is 28.9 Å². The van der Waals surface area contributed by atoms with Crippen molar-refractivity contribution in [1.29, 1.82) is 0 Å². The molecule has 1 heterocycles. The fraction of sp³-hybridized carbons (Fsp3) is 0.238. The first-order valence-corrected chi connectivity index (χ1v) is 9.51. The molecule has 0 N–H and O–H groups in total. The predicted molar refractivity (Wildman–Crippen MR) is 107 cm³/mol. The van der Waals surface area contributed by atoms with Crippen LogP contribution in [-0.4, -0.2) is 40.6 Å². The van der Waals surface area contributed by atoms with E-state index in [1.54, 1.807) is 43.4 Å². The van der Waals surface area contributed by atoms with Crippen molar-refractivity contribution in [2.24, 2.45) is 0 Å². The number of aryl methyl sites for hydroxylation is 1. The van der Waals surface area contributed by atoms with Crippen molar-refractivity contribution in [3.05, 3.63) is 70.8 Å². The van der Waals surface area contributed by atoms with Gasteiger partial charge in [0.2, 0.25) is 11.7 Å². The van der Waals surface area contributed by atoms with E-state index in [2.05, 4.69) is 10.1 Å². The first kappa shape index (κ1) is 21.4. The summed E-state index contributed by atoms with van der Waals surface area (Å²) < 4.78 is 23.1. The highest BCUT2D eigenvalue weighted by molar-refractivity contribution is 6.30. The molecule has 2 aromatic carbocycles. The van der Waals surface area contributed by atoms with Gasteiger partial charge in [0.05, 0.1) is 6.42 Å². The number of benzene rings is 2. The molecule has 0 saturated heterocycles. The Bertz CT molecular complexity index is 1010. The van der Waals surface area contributed by atoms with Gasteiger partial charge in [-0.25, -0.2) is 4.39 Å². The van der Waals surface area contributed by atoms with Crippen molar-refractivity contribution in [2.75, 3.05) is 13.7 Å². The van der Waals surface area contributed by atoms with Crippen molar-refractivity contribution in [3.8, 4) is 11.4 Å². The molecule has 0 fully saturated rings. The van der Waals surface area contributed by atoms with E-state index in [9.17, 15) is 14.0 Å². The van der Waals surface area contributed by atoms with E-state index in [1.165, 1.54) is 17.0 Å². The van der Waals surface area contributed by atoms with Crippen LogP contribution in [0.1, 0.15) is 17.9 Å². The van der Waals surface area contributed by atoms with Crippen LogP contribution in [0.2, 0.25) is 5.02 Å². The van der Waals surface area contributed by atoms with Crippen LogP contribution in [0.25, 0.3) is 11.4 Å². The first-order valence-electron chi connectivity index (χ1n) is 9.13. The molecule has 0 radical (unpaired) electrons. The third-order valence-electron chi connectivity index (χ3n) is 4.23. The Hall–Kier alpha value is -3.26. The van der Waals surface area contributed by atoms with Crippen LogP contribution < -0.4 is 0 Å². The van der Waals surface area contributed by atoms with E-state index in [-0.39, 0.29) is 43.6 Å². The Kier molecular flexibility index (Phi) is 7.13. The number of hydrogen-bond acceptors (Lipinski definition) is 6. The molecule has 156 valence electrons. The quantitative estimate of drug-likeness (QED) is 0.506. The number of ether oxygens (including phenoxy) is 1. The summed E-state index contributed by atoms with van der Waals surface area (Å²) in [6, 6.07) is 12.8. The summed E-state index contributed by atoms with van der Waals surface area (Å²) in [6.45, 7) is -0.0947. The van der Waals surface area contributed by atoms with E-state index >= 15 is 0 Å². The van der Waals surface area contributed by atoms with Gasteiger partial charge in [-0.05, 0) is 42.0 Å². The largest absolute Gasteiger partial charge is 0.456 e. The predicted octanol–water partition coefficient (Wildman–Crippen LogP) is 3.66. The Balaban J connectivity index is 1.42. The van der Waals surface area contributed by atoms with Crippen molar-refractivity contribution >= 4 is 23.5 Å². The maximum absolute atomic E-state index is 12.9. The molecule has 0 unspecified atom stereocenters. The fourth-order valence-corrected chi connectivity index (χ4v) is 2.68. The van der Waals surface area contributed by atoms with Crippen molar-refractivity contribution in [2.45, 2.75) is 19.4 Å². The molecule has 7 nitrogen and oxygen atoms in total. The third kappa shape index (κ3) is 6.12. The highest BCUT2D eigenvalue weighted by atomic mass is 35.5. The molecule has 3 aromatic rings. The summed E-state index contributed by atoms with van der Waals surface area (Å²) in [4.78, 5) is 29.6. The number of rotatable bonds is 8. The molecule has 3 rings (SSSR count). The van der Waals surface area contributed by atoms with Crippen molar-refractivity contribution in [3.63, 3.8) is 0 Å². The molecule has 9 heteroatoms. The van der Waals surface area contributed by atoms with Gasteiger partial charge >= 0.3 is 5.97 Å². The van der Waals surface area contributed by atoms with E-state index in [0.717, 1.165) is 11.1 Å². The lowest BCUT2D eigenvalue weighted by molar-refractivity contribution is -0.151. The average Bonchev–Trinajstić information content (AvgIpc) is 3.21. The topological polar surface area (TPSA) is 85.5 Å². The number of halogens is 2.